The van der Waals surface area contributed by atoms with Gasteiger partial charge in [-0.15, -0.1) is 0 Å². The fraction of sp³-hybridized carbons (Fsp3) is 1.00. The summed E-state index contributed by atoms with van der Waals surface area (Å²) in [5.41, 5.74) is 0.471. The number of hydrogen-bond donors (Lipinski definition) is 1. The van der Waals surface area contributed by atoms with E-state index in [0.29, 0.717) is 11.5 Å². The van der Waals surface area contributed by atoms with Crippen LogP contribution in [-0.4, -0.2) is 37.8 Å². The van der Waals surface area contributed by atoms with Crippen LogP contribution in [0.2, 0.25) is 0 Å². The van der Waals surface area contributed by atoms with Gasteiger partial charge in [-0.25, -0.2) is 0 Å². The van der Waals surface area contributed by atoms with E-state index in [1.54, 1.807) is 7.11 Å². The van der Waals surface area contributed by atoms with Gasteiger partial charge in [0.25, 0.3) is 0 Å². The molecule has 1 unspecified atom stereocenters. The number of nitrogens with one attached hydrogen (secondary N) is 1. The van der Waals surface area contributed by atoms with Crippen LogP contribution >= 0.6 is 11.8 Å². The first-order chi connectivity index (χ1) is 6.67. The minimum atomic E-state index is 0.471. The second kappa shape index (κ2) is 5.99. The van der Waals surface area contributed by atoms with Crippen molar-refractivity contribution in [2.24, 2.45) is 5.41 Å². The summed E-state index contributed by atoms with van der Waals surface area (Å²) in [5.74, 6) is 2.59. The van der Waals surface area contributed by atoms with Gasteiger partial charge in [-0.2, -0.15) is 11.8 Å². The van der Waals surface area contributed by atoms with Crippen LogP contribution in [-0.2, 0) is 4.74 Å². The maximum absolute atomic E-state index is 5.04. The molecule has 0 radical (unpaired) electrons. The molecule has 1 aliphatic rings. The molecule has 1 fully saturated rings. The van der Waals surface area contributed by atoms with E-state index < -0.39 is 0 Å². The van der Waals surface area contributed by atoms with Crippen LogP contribution < -0.4 is 5.32 Å². The van der Waals surface area contributed by atoms with Crippen molar-refractivity contribution in [3.05, 3.63) is 0 Å². The van der Waals surface area contributed by atoms with Crippen LogP contribution in [0.3, 0.4) is 0 Å². The van der Waals surface area contributed by atoms with E-state index in [1.165, 1.54) is 17.9 Å². The SMILES string of the molecule is COCCCNC1CSCCC1(C)C. The Morgan fingerprint density at radius 3 is 2.93 bits per heavy atom. The van der Waals surface area contributed by atoms with Crippen molar-refractivity contribution in [3.8, 4) is 0 Å². The number of methoxy groups -OCH3 is 1. The Kier molecular flexibility index (Phi) is 5.28. The lowest BCUT2D eigenvalue weighted by Gasteiger charge is -2.38. The molecule has 0 aromatic heterocycles. The van der Waals surface area contributed by atoms with E-state index in [4.69, 9.17) is 4.74 Å². The van der Waals surface area contributed by atoms with Gasteiger partial charge >= 0.3 is 0 Å². The van der Waals surface area contributed by atoms with Crippen LogP contribution in [0.4, 0.5) is 0 Å². The lowest BCUT2D eigenvalue weighted by molar-refractivity contribution is 0.186. The number of rotatable bonds is 5. The van der Waals surface area contributed by atoms with Crippen molar-refractivity contribution in [1.82, 2.24) is 5.32 Å². The molecule has 0 aliphatic carbocycles. The molecule has 0 amide bonds. The van der Waals surface area contributed by atoms with Gasteiger partial charge in [-0.1, -0.05) is 13.8 Å². The highest BCUT2D eigenvalue weighted by molar-refractivity contribution is 7.99. The highest BCUT2D eigenvalue weighted by atomic mass is 32.2. The van der Waals surface area contributed by atoms with E-state index in [9.17, 15) is 0 Å². The molecule has 0 spiro atoms. The summed E-state index contributed by atoms with van der Waals surface area (Å²) in [6.07, 6.45) is 2.45. The molecule has 1 aliphatic heterocycles. The van der Waals surface area contributed by atoms with E-state index in [-0.39, 0.29) is 0 Å². The fourth-order valence-electron chi connectivity index (χ4n) is 1.76. The molecule has 84 valence electrons. The first-order valence-electron chi connectivity index (χ1n) is 5.47. The minimum Gasteiger partial charge on any atom is -0.385 e. The number of thioether (sulfide) groups is 1. The Morgan fingerprint density at radius 2 is 2.29 bits per heavy atom. The molecule has 1 heterocycles. The summed E-state index contributed by atoms with van der Waals surface area (Å²) >= 11 is 2.08. The zero-order valence-electron chi connectivity index (χ0n) is 9.64. The zero-order valence-corrected chi connectivity index (χ0v) is 10.5. The van der Waals surface area contributed by atoms with Gasteiger partial charge in [-0.3, -0.25) is 0 Å². The van der Waals surface area contributed by atoms with Gasteiger partial charge in [-0.05, 0) is 30.6 Å². The molecule has 2 nitrogen and oxygen atoms in total. The van der Waals surface area contributed by atoms with Crippen LogP contribution in [0.5, 0.6) is 0 Å². The molecular weight excluding hydrogens is 194 g/mol. The molecule has 0 bridgehead atoms. The molecule has 1 saturated heterocycles. The van der Waals surface area contributed by atoms with E-state index in [1.807, 2.05) is 0 Å². The average Bonchev–Trinajstić information content (AvgIpc) is 2.14. The lowest BCUT2D eigenvalue weighted by atomic mass is 9.82. The Balaban J connectivity index is 2.20. The van der Waals surface area contributed by atoms with Crippen LogP contribution in [0.1, 0.15) is 26.7 Å². The van der Waals surface area contributed by atoms with Gasteiger partial charge in [0, 0.05) is 25.5 Å². The number of hydrogen-bond acceptors (Lipinski definition) is 3. The van der Waals surface area contributed by atoms with Crippen molar-refractivity contribution < 1.29 is 4.74 Å². The van der Waals surface area contributed by atoms with Crippen molar-refractivity contribution in [1.29, 1.82) is 0 Å². The maximum Gasteiger partial charge on any atom is 0.0474 e. The summed E-state index contributed by atoms with van der Waals surface area (Å²) in [6, 6.07) is 0.679. The van der Waals surface area contributed by atoms with Crippen LogP contribution in [0.15, 0.2) is 0 Å². The highest BCUT2D eigenvalue weighted by Crippen LogP contribution is 2.33. The van der Waals surface area contributed by atoms with Crippen LogP contribution in [0, 0.1) is 5.41 Å². The third-order valence-corrected chi connectivity index (χ3v) is 4.10. The van der Waals surface area contributed by atoms with Gasteiger partial charge in [0.2, 0.25) is 0 Å². The van der Waals surface area contributed by atoms with Gasteiger partial charge in [0.05, 0.1) is 0 Å². The third kappa shape index (κ3) is 3.79. The topological polar surface area (TPSA) is 21.3 Å². The first kappa shape index (κ1) is 12.3. The molecule has 0 saturated carbocycles. The molecule has 0 aromatic rings. The fourth-order valence-corrected chi connectivity index (χ4v) is 3.41. The lowest BCUT2D eigenvalue weighted by Crippen LogP contribution is -2.47. The summed E-state index contributed by atoms with van der Waals surface area (Å²) in [5, 5.41) is 3.65. The molecular formula is C11H23NOS. The normalized spacial score (nSPS) is 26.4. The van der Waals surface area contributed by atoms with Gasteiger partial charge in [0.1, 0.15) is 0 Å². The Labute approximate surface area is 92.2 Å². The van der Waals surface area contributed by atoms with Crippen molar-refractivity contribution >= 4 is 11.8 Å². The largest absolute Gasteiger partial charge is 0.385 e. The molecule has 3 heteroatoms. The second-order valence-electron chi connectivity index (χ2n) is 4.67. The van der Waals surface area contributed by atoms with Crippen molar-refractivity contribution in [3.63, 3.8) is 0 Å². The predicted octanol–water partition coefficient (Wildman–Crippen LogP) is 2.14. The first-order valence-corrected chi connectivity index (χ1v) is 6.62. The molecule has 0 aromatic carbocycles. The Morgan fingerprint density at radius 1 is 1.50 bits per heavy atom. The zero-order chi connectivity index (χ0) is 10.4. The summed E-state index contributed by atoms with van der Waals surface area (Å²) in [6.45, 7) is 6.71. The molecule has 1 N–H and O–H groups in total. The molecule has 14 heavy (non-hydrogen) atoms. The minimum absolute atomic E-state index is 0.471. The molecule has 1 rings (SSSR count). The Hall–Kier alpha value is 0.270. The highest BCUT2D eigenvalue weighted by Gasteiger charge is 2.31. The predicted molar refractivity (Wildman–Crippen MR) is 64.0 cm³/mol. The smallest absolute Gasteiger partial charge is 0.0474 e. The molecule has 1 atom stereocenters. The summed E-state index contributed by atoms with van der Waals surface area (Å²) in [7, 11) is 1.76. The van der Waals surface area contributed by atoms with Crippen molar-refractivity contribution in [2.45, 2.75) is 32.7 Å². The summed E-state index contributed by atoms with van der Waals surface area (Å²) in [4.78, 5) is 0. The second-order valence-corrected chi connectivity index (χ2v) is 5.82. The van der Waals surface area contributed by atoms with Gasteiger partial charge < -0.3 is 10.1 Å². The number of ether oxygens (including phenoxy) is 1. The average molecular weight is 217 g/mol. The van der Waals surface area contributed by atoms with E-state index in [0.717, 1.165) is 19.6 Å². The van der Waals surface area contributed by atoms with E-state index >= 15 is 0 Å². The monoisotopic (exact) mass is 217 g/mol. The Bertz CT molecular complexity index is 161. The van der Waals surface area contributed by atoms with Crippen LogP contribution in [0.25, 0.3) is 0 Å². The quantitative estimate of drug-likeness (QED) is 0.713. The van der Waals surface area contributed by atoms with Crippen molar-refractivity contribution in [2.75, 3.05) is 31.8 Å². The third-order valence-electron chi connectivity index (χ3n) is 3.03. The standard InChI is InChI=1S/C11H23NOS/c1-11(2)5-8-14-9-10(11)12-6-4-7-13-3/h10,12H,4-9H2,1-3H3. The van der Waals surface area contributed by atoms with Gasteiger partial charge in [0.15, 0.2) is 0 Å². The maximum atomic E-state index is 5.04. The summed E-state index contributed by atoms with van der Waals surface area (Å²) < 4.78 is 5.04. The van der Waals surface area contributed by atoms with E-state index in [2.05, 4.69) is 30.9 Å².